The van der Waals surface area contributed by atoms with Gasteiger partial charge in [0.05, 0.1) is 10.5 Å². The molecule has 0 aromatic carbocycles. The third-order valence-corrected chi connectivity index (χ3v) is 3.02. The lowest BCUT2D eigenvalue weighted by atomic mass is 10.2. The minimum absolute atomic E-state index is 0.00750. The molecule has 0 saturated carbocycles. The molecule has 2 N–H and O–H groups in total. The van der Waals surface area contributed by atoms with Crippen LogP contribution in [0.1, 0.15) is 12.8 Å². The smallest absolute Gasteiger partial charge is 0.242 e. The van der Waals surface area contributed by atoms with Crippen molar-refractivity contribution >= 4 is 27.7 Å². The molecule has 1 fully saturated rings. The number of carbonyl (C=O) groups excluding carboxylic acids is 1. The Morgan fingerprint density at radius 1 is 1.67 bits per heavy atom. The lowest BCUT2D eigenvalue weighted by molar-refractivity contribution is -0.117. The van der Waals surface area contributed by atoms with E-state index in [9.17, 15) is 4.79 Å². The van der Waals surface area contributed by atoms with Gasteiger partial charge in [0.1, 0.15) is 5.82 Å². The molecule has 1 aromatic heterocycles. The van der Waals surface area contributed by atoms with E-state index >= 15 is 0 Å². The predicted octanol–water partition coefficient (Wildman–Crippen LogP) is 1.53. The minimum Gasteiger partial charge on any atom is -0.308 e. The summed E-state index contributed by atoms with van der Waals surface area (Å²) in [5, 5.41) is 5.93. The average Bonchev–Trinajstić information content (AvgIpc) is 2.74. The Morgan fingerprint density at radius 3 is 3.20 bits per heavy atom. The predicted molar refractivity (Wildman–Crippen MR) is 61.6 cm³/mol. The number of nitrogens with zero attached hydrogens (tertiary/aromatic N) is 1. The second-order valence-corrected chi connectivity index (χ2v) is 4.33. The van der Waals surface area contributed by atoms with Gasteiger partial charge in [-0.05, 0) is 47.4 Å². The van der Waals surface area contributed by atoms with Crippen LogP contribution in [0.4, 0.5) is 5.82 Å². The van der Waals surface area contributed by atoms with Crippen LogP contribution in [0, 0.1) is 0 Å². The van der Waals surface area contributed by atoms with Gasteiger partial charge < -0.3 is 10.6 Å². The van der Waals surface area contributed by atoms with Gasteiger partial charge in [0.25, 0.3) is 0 Å². The van der Waals surface area contributed by atoms with Crippen LogP contribution in [-0.4, -0.2) is 23.5 Å². The van der Waals surface area contributed by atoms with E-state index in [1.165, 1.54) is 0 Å². The molecule has 1 aromatic rings. The van der Waals surface area contributed by atoms with E-state index in [2.05, 4.69) is 31.5 Å². The Kier molecular flexibility index (Phi) is 3.33. The van der Waals surface area contributed by atoms with Crippen molar-refractivity contribution in [3.8, 4) is 0 Å². The summed E-state index contributed by atoms with van der Waals surface area (Å²) >= 11 is 3.34. The van der Waals surface area contributed by atoms with E-state index in [-0.39, 0.29) is 11.9 Å². The second kappa shape index (κ2) is 4.72. The van der Waals surface area contributed by atoms with Crippen molar-refractivity contribution in [2.75, 3.05) is 11.9 Å². The first-order valence-corrected chi connectivity index (χ1v) is 5.71. The van der Waals surface area contributed by atoms with Gasteiger partial charge in [-0.15, -0.1) is 0 Å². The fourth-order valence-corrected chi connectivity index (χ4v) is 1.94. The topological polar surface area (TPSA) is 54.0 Å². The molecule has 0 aliphatic carbocycles. The number of rotatable bonds is 2. The molecule has 4 nitrogen and oxygen atoms in total. The minimum atomic E-state index is -0.0705. The maximum absolute atomic E-state index is 11.7. The summed E-state index contributed by atoms with van der Waals surface area (Å²) in [6, 6.07) is 3.59. The Bertz CT molecular complexity index is 363. The summed E-state index contributed by atoms with van der Waals surface area (Å²) in [4.78, 5) is 15.8. The van der Waals surface area contributed by atoms with E-state index in [0.717, 1.165) is 23.9 Å². The highest BCUT2D eigenvalue weighted by molar-refractivity contribution is 9.10. The van der Waals surface area contributed by atoms with Crippen molar-refractivity contribution in [2.24, 2.45) is 0 Å². The van der Waals surface area contributed by atoms with Crippen LogP contribution in [0.25, 0.3) is 0 Å². The van der Waals surface area contributed by atoms with E-state index in [1.54, 1.807) is 6.20 Å². The quantitative estimate of drug-likeness (QED) is 0.857. The van der Waals surface area contributed by atoms with E-state index < -0.39 is 0 Å². The van der Waals surface area contributed by atoms with E-state index in [4.69, 9.17) is 0 Å². The van der Waals surface area contributed by atoms with E-state index in [0.29, 0.717) is 5.82 Å². The summed E-state index contributed by atoms with van der Waals surface area (Å²) in [6.07, 6.45) is 3.61. The highest BCUT2D eigenvalue weighted by atomic mass is 79.9. The van der Waals surface area contributed by atoms with Crippen LogP contribution >= 0.6 is 15.9 Å². The molecule has 1 saturated heterocycles. The Hall–Kier alpha value is -0.940. The number of pyridine rings is 1. The molecule has 1 aliphatic heterocycles. The largest absolute Gasteiger partial charge is 0.308 e. The van der Waals surface area contributed by atoms with Crippen molar-refractivity contribution < 1.29 is 4.79 Å². The summed E-state index contributed by atoms with van der Waals surface area (Å²) in [7, 11) is 0. The number of hydrogen-bond acceptors (Lipinski definition) is 3. The van der Waals surface area contributed by atoms with Gasteiger partial charge in [0.2, 0.25) is 5.91 Å². The Labute approximate surface area is 96.6 Å². The number of amides is 1. The van der Waals surface area contributed by atoms with Gasteiger partial charge in [0.15, 0.2) is 0 Å². The van der Waals surface area contributed by atoms with E-state index in [1.807, 2.05) is 12.1 Å². The zero-order valence-electron chi connectivity index (χ0n) is 8.16. The lowest BCUT2D eigenvalue weighted by Crippen LogP contribution is -2.35. The third-order valence-electron chi connectivity index (χ3n) is 2.38. The molecular weight excluding hydrogens is 258 g/mol. The Morgan fingerprint density at radius 2 is 2.53 bits per heavy atom. The van der Waals surface area contributed by atoms with Gasteiger partial charge >= 0.3 is 0 Å². The average molecular weight is 270 g/mol. The van der Waals surface area contributed by atoms with Crippen molar-refractivity contribution in [3.05, 3.63) is 22.8 Å². The standard InChI is InChI=1S/C10H12BrN3O/c11-7-3-1-6-13-9(7)14-10(15)8-4-2-5-12-8/h1,3,6,8,12H,2,4-5H2,(H,13,14,15)/t8-/m0/s1. The summed E-state index contributed by atoms with van der Waals surface area (Å²) in [5.74, 6) is 0.572. The highest BCUT2D eigenvalue weighted by Crippen LogP contribution is 2.19. The van der Waals surface area contributed by atoms with Gasteiger partial charge in [-0.2, -0.15) is 0 Å². The number of hydrogen-bond donors (Lipinski definition) is 2. The summed E-state index contributed by atoms with van der Waals surface area (Å²) in [6.45, 7) is 0.918. The normalized spacial score (nSPS) is 20.2. The number of nitrogens with one attached hydrogen (secondary N) is 2. The number of carbonyl (C=O) groups is 1. The number of aromatic nitrogens is 1. The fraction of sp³-hybridized carbons (Fsp3) is 0.400. The van der Waals surface area contributed by atoms with Gasteiger partial charge in [-0.25, -0.2) is 4.98 Å². The Balaban J connectivity index is 2.02. The lowest BCUT2D eigenvalue weighted by Gasteiger charge is -2.10. The molecule has 1 atom stereocenters. The zero-order chi connectivity index (χ0) is 10.7. The molecule has 0 radical (unpaired) electrons. The maximum atomic E-state index is 11.7. The molecule has 0 spiro atoms. The maximum Gasteiger partial charge on any atom is 0.242 e. The van der Waals surface area contributed by atoms with Crippen molar-refractivity contribution in [1.82, 2.24) is 10.3 Å². The second-order valence-electron chi connectivity index (χ2n) is 3.47. The fourth-order valence-electron chi connectivity index (χ4n) is 1.59. The molecular formula is C10H12BrN3O. The number of halogens is 1. The molecule has 0 bridgehead atoms. The summed E-state index contributed by atoms with van der Waals surface area (Å²) in [5.41, 5.74) is 0. The van der Waals surface area contributed by atoms with Gasteiger partial charge in [-0.1, -0.05) is 0 Å². The molecule has 1 amide bonds. The zero-order valence-corrected chi connectivity index (χ0v) is 9.75. The third kappa shape index (κ3) is 2.54. The molecule has 2 heterocycles. The van der Waals surface area contributed by atoms with Crippen molar-refractivity contribution in [2.45, 2.75) is 18.9 Å². The van der Waals surface area contributed by atoms with Gasteiger partial charge in [-0.3, -0.25) is 4.79 Å². The first-order chi connectivity index (χ1) is 7.27. The van der Waals surface area contributed by atoms with Crippen LogP contribution in [-0.2, 0) is 4.79 Å². The summed E-state index contributed by atoms with van der Waals surface area (Å²) < 4.78 is 0.802. The molecule has 80 valence electrons. The molecule has 1 aliphatic rings. The van der Waals surface area contributed by atoms with Crippen LogP contribution < -0.4 is 10.6 Å². The molecule has 5 heteroatoms. The van der Waals surface area contributed by atoms with Crippen LogP contribution in [0.5, 0.6) is 0 Å². The molecule has 15 heavy (non-hydrogen) atoms. The van der Waals surface area contributed by atoms with Crippen molar-refractivity contribution in [3.63, 3.8) is 0 Å². The van der Waals surface area contributed by atoms with Crippen LogP contribution in [0.3, 0.4) is 0 Å². The number of anilines is 1. The van der Waals surface area contributed by atoms with Crippen LogP contribution in [0.15, 0.2) is 22.8 Å². The first-order valence-electron chi connectivity index (χ1n) is 4.92. The van der Waals surface area contributed by atoms with Gasteiger partial charge in [0, 0.05) is 6.20 Å². The van der Waals surface area contributed by atoms with Crippen LogP contribution in [0.2, 0.25) is 0 Å². The highest BCUT2D eigenvalue weighted by Gasteiger charge is 2.22. The molecule has 0 unspecified atom stereocenters. The molecule has 2 rings (SSSR count). The first kappa shape index (κ1) is 10.6. The SMILES string of the molecule is O=C(Nc1ncccc1Br)[C@@H]1CCCN1. The van der Waals surface area contributed by atoms with Crippen molar-refractivity contribution in [1.29, 1.82) is 0 Å². The monoisotopic (exact) mass is 269 g/mol.